The fraction of sp³-hybridized carbons (Fsp3) is 0.0769. The van der Waals surface area contributed by atoms with Gasteiger partial charge in [0.25, 0.3) is 15.7 Å². The lowest BCUT2D eigenvalue weighted by Crippen LogP contribution is -2.02. The van der Waals surface area contributed by atoms with Gasteiger partial charge in [0.15, 0.2) is 0 Å². The van der Waals surface area contributed by atoms with Gasteiger partial charge < -0.3 is 4.18 Å². The van der Waals surface area contributed by atoms with Crippen molar-refractivity contribution in [2.24, 2.45) is 3.77 Å². The van der Waals surface area contributed by atoms with Crippen LogP contribution in [-0.4, -0.2) is 20.5 Å². The van der Waals surface area contributed by atoms with E-state index >= 15 is 0 Å². The lowest BCUT2D eigenvalue weighted by atomic mass is 10.3. The van der Waals surface area contributed by atoms with Crippen LogP contribution in [-0.2, 0) is 25.2 Å². The van der Waals surface area contributed by atoms with Crippen LogP contribution >= 0.6 is 11.6 Å². The van der Waals surface area contributed by atoms with Crippen molar-refractivity contribution in [3.8, 4) is 0 Å². The van der Waals surface area contributed by atoms with Crippen LogP contribution in [0.5, 0.6) is 0 Å². The van der Waals surface area contributed by atoms with Crippen LogP contribution in [0.1, 0.15) is 0 Å². The summed E-state index contributed by atoms with van der Waals surface area (Å²) in [6, 6.07) is 10.9. The third kappa shape index (κ3) is 4.35. The lowest BCUT2D eigenvalue weighted by Gasteiger charge is -2.06. The normalized spacial score (nSPS) is 13.0. The molecule has 0 radical (unpaired) electrons. The molecule has 2 aromatic carbocycles. The Labute approximate surface area is 140 Å². The maximum absolute atomic E-state index is 12.3. The van der Waals surface area contributed by atoms with Crippen molar-refractivity contribution in [1.82, 2.24) is 0 Å². The molecule has 10 heteroatoms. The van der Waals surface area contributed by atoms with Crippen molar-refractivity contribution >= 4 is 38.3 Å². The predicted molar refractivity (Wildman–Crippen MR) is 86.8 cm³/mol. The van der Waals surface area contributed by atoms with E-state index in [-0.39, 0.29) is 10.6 Å². The number of halogens is 1. The van der Waals surface area contributed by atoms with E-state index < -0.39 is 25.9 Å². The number of non-ortho nitro benzene ring substituents is 1. The Bertz CT molecular complexity index is 849. The number of sulfonamides is 1. The zero-order valence-electron chi connectivity index (χ0n) is 11.7. The average Bonchev–Trinajstić information content (AvgIpc) is 2.53. The van der Waals surface area contributed by atoms with Crippen LogP contribution in [0.2, 0.25) is 5.02 Å². The van der Waals surface area contributed by atoms with Gasteiger partial charge in [0, 0.05) is 22.1 Å². The van der Waals surface area contributed by atoms with Gasteiger partial charge in [-0.25, -0.2) is 0 Å². The second kappa shape index (κ2) is 7.18. The molecule has 2 aromatic rings. The van der Waals surface area contributed by atoms with Crippen molar-refractivity contribution in [1.29, 1.82) is 0 Å². The molecule has 0 aliphatic rings. The largest absolute Gasteiger partial charge is 0.305 e. The van der Waals surface area contributed by atoms with Gasteiger partial charge >= 0.3 is 0 Å². The van der Waals surface area contributed by atoms with E-state index in [2.05, 4.69) is 3.77 Å². The monoisotopic (exact) mass is 374 g/mol. The summed E-state index contributed by atoms with van der Waals surface area (Å²) in [5.41, 5.74) is -0.103. The predicted octanol–water partition coefficient (Wildman–Crippen LogP) is 3.36. The van der Waals surface area contributed by atoms with Gasteiger partial charge in [0.2, 0.25) is 0 Å². The number of rotatable bonds is 5. The highest BCUT2D eigenvalue weighted by Crippen LogP contribution is 2.21. The second-order valence-corrected chi connectivity index (χ2v) is 7.93. The molecule has 0 aromatic heterocycles. The first kappa shape index (κ1) is 17.5. The summed E-state index contributed by atoms with van der Waals surface area (Å²) >= 11 is 5.73. The van der Waals surface area contributed by atoms with E-state index in [1.54, 1.807) is 0 Å². The summed E-state index contributed by atoms with van der Waals surface area (Å²) < 4.78 is 33.4. The van der Waals surface area contributed by atoms with Crippen LogP contribution in [0, 0.1) is 10.1 Å². The molecule has 0 aliphatic heterocycles. The third-order valence-corrected chi connectivity index (χ3v) is 6.12. The molecule has 0 bridgehead atoms. The summed E-state index contributed by atoms with van der Waals surface area (Å²) in [4.78, 5) is 10.5. The Morgan fingerprint density at radius 3 is 2.17 bits per heavy atom. The lowest BCUT2D eigenvalue weighted by molar-refractivity contribution is -0.384. The number of nitro benzene ring substituents is 1. The minimum Gasteiger partial charge on any atom is -0.305 e. The van der Waals surface area contributed by atoms with Gasteiger partial charge in [-0.1, -0.05) is 11.6 Å². The molecule has 122 valence electrons. The molecule has 0 fully saturated rings. The van der Waals surface area contributed by atoms with Crippen LogP contribution in [0.4, 0.5) is 5.69 Å². The van der Waals surface area contributed by atoms with E-state index in [9.17, 15) is 18.5 Å². The number of hydrogen-bond acceptors (Lipinski definition) is 5. The molecule has 2 rings (SSSR count). The summed E-state index contributed by atoms with van der Waals surface area (Å²) in [5.74, 6) is 0. The number of nitro groups is 1. The van der Waals surface area contributed by atoms with E-state index in [0.717, 1.165) is 0 Å². The van der Waals surface area contributed by atoms with E-state index in [1.807, 2.05) is 0 Å². The average molecular weight is 375 g/mol. The quantitative estimate of drug-likeness (QED) is 0.590. The summed E-state index contributed by atoms with van der Waals surface area (Å²) in [6.07, 6.45) is 0. The molecular formula is C13H11ClN2O5S2. The van der Waals surface area contributed by atoms with E-state index in [4.69, 9.17) is 15.8 Å². The number of hydrogen-bond donors (Lipinski definition) is 0. The first-order valence-electron chi connectivity index (χ1n) is 6.10. The maximum Gasteiger partial charge on any atom is 0.290 e. The van der Waals surface area contributed by atoms with Gasteiger partial charge in [-0.2, -0.15) is 8.42 Å². The number of benzene rings is 2. The van der Waals surface area contributed by atoms with Gasteiger partial charge in [-0.15, -0.1) is 3.77 Å². The van der Waals surface area contributed by atoms with Crippen LogP contribution in [0.25, 0.3) is 0 Å². The third-order valence-electron chi connectivity index (χ3n) is 2.68. The summed E-state index contributed by atoms with van der Waals surface area (Å²) in [6.45, 7) is 0. The SMILES string of the molecule is CO[S@@](=NS(=O)(=O)c1ccc(Cl)cc1)c1ccc([N+](=O)[O-])cc1. The van der Waals surface area contributed by atoms with Crippen LogP contribution in [0.15, 0.2) is 62.1 Å². The Morgan fingerprint density at radius 2 is 1.70 bits per heavy atom. The highest BCUT2D eigenvalue weighted by molar-refractivity contribution is 7.98. The first-order valence-corrected chi connectivity index (χ1v) is 9.03. The minimum atomic E-state index is -3.94. The first-order chi connectivity index (χ1) is 10.8. The minimum absolute atomic E-state index is 0.0154. The molecule has 0 spiro atoms. The van der Waals surface area contributed by atoms with Gasteiger partial charge in [-0.3, -0.25) is 10.1 Å². The standard InChI is InChI=1S/C13H11ClN2O5S2/c1-21-22(12-6-4-11(5-7-12)16(17)18)15-23(19,20)13-8-2-10(14)3-9-13/h2-9H,1H3/t22-/m1/s1. The number of nitrogens with zero attached hydrogens (tertiary/aromatic N) is 2. The fourth-order valence-electron chi connectivity index (χ4n) is 1.59. The van der Waals surface area contributed by atoms with Gasteiger partial charge in [0.05, 0.1) is 27.9 Å². The Morgan fingerprint density at radius 1 is 1.13 bits per heavy atom. The molecule has 0 unspecified atom stereocenters. The van der Waals surface area contributed by atoms with Crippen LogP contribution < -0.4 is 0 Å². The summed E-state index contributed by atoms with van der Waals surface area (Å²) in [7, 11) is -4.04. The molecule has 23 heavy (non-hydrogen) atoms. The topological polar surface area (TPSA) is 98.9 Å². The Balaban J connectivity index is 2.41. The Kier molecular flexibility index (Phi) is 5.47. The molecule has 1 atom stereocenters. The molecule has 0 aliphatic carbocycles. The fourth-order valence-corrected chi connectivity index (χ4v) is 4.40. The van der Waals surface area contributed by atoms with Crippen molar-refractivity contribution in [3.63, 3.8) is 0 Å². The Hall–Kier alpha value is -1.81. The van der Waals surface area contributed by atoms with Crippen molar-refractivity contribution in [3.05, 3.63) is 63.7 Å². The maximum atomic E-state index is 12.3. The van der Waals surface area contributed by atoms with Gasteiger partial charge in [-0.05, 0) is 36.4 Å². The van der Waals surface area contributed by atoms with Crippen molar-refractivity contribution in [2.75, 3.05) is 7.11 Å². The van der Waals surface area contributed by atoms with Gasteiger partial charge in [0.1, 0.15) is 0 Å². The zero-order chi connectivity index (χ0) is 17.0. The molecule has 0 N–H and O–H groups in total. The molecule has 0 saturated heterocycles. The molecular weight excluding hydrogens is 364 g/mol. The highest BCUT2D eigenvalue weighted by atomic mass is 35.5. The van der Waals surface area contributed by atoms with Crippen molar-refractivity contribution < 1.29 is 17.5 Å². The second-order valence-electron chi connectivity index (χ2n) is 4.17. The molecule has 7 nitrogen and oxygen atoms in total. The van der Waals surface area contributed by atoms with Crippen LogP contribution in [0.3, 0.4) is 0 Å². The van der Waals surface area contributed by atoms with E-state index in [1.165, 1.54) is 55.6 Å². The van der Waals surface area contributed by atoms with Crippen molar-refractivity contribution in [2.45, 2.75) is 9.79 Å². The summed E-state index contributed by atoms with van der Waals surface area (Å²) in [5, 5.41) is 11.0. The smallest absolute Gasteiger partial charge is 0.290 e. The molecule has 0 saturated carbocycles. The zero-order valence-corrected chi connectivity index (χ0v) is 14.1. The highest BCUT2D eigenvalue weighted by Gasteiger charge is 2.16. The molecule has 0 amide bonds. The van der Waals surface area contributed by atoms with E-state index in [0.29, 0.717) is 9.92 Å². The molecule has 0 heterocycles.